The third-order valence-electron chi connectivity index (χ3n) is 5.91. The summed E-state index contributed by atoms with van der Waals surface area (Å²) in [6, 6.07) is 19.3. The fraction of sp³-hybridized carbons (Fsp3) is 0.179. The van der Waals surface area contributed by atoms with E-state index >= 15 is 0 Å². The number of fused-ring (bicyclic) bond motifs is 2. The lowest BCUT2D eigenvalue weighted by atomic mass is 9.82. The molecule has 0 radical (unpaired) electrons. The van der Waals surface area contributed by atoms with Crippen molar-refractivity contribution in [1.82, 2.24) is 15.0 Å². The Morgan fingerprint density at radius 2 is 1.50 bits per heavy atom. The van der Waals surface area contributed by atoms with E-state index in [4.69, 9.17) is 0 Å². The third kappa shape index (κ3) is 4.00. The van der Waals surface area contributed by atoms with Crippen molar-refractivity contribution in [2.75, 3.05) is 0 Å². The molecule has 34 heavy (non-hydrogen) atoms. The van der Waals surface area contributed by atoms with Gasteiger partial charge in [-0.1, -0.05) is 57.2 Å². The Morgan fingerprint density at radius 1 is 0.765 bits per heavy atom. The zero-order chi connectivity index (χ0) is 24.1. The van der Waals surface area contributed by atoms with Gasteiger partial charge >= 0.3 is 6.18 Å². The molecule has 6 heteroatoms. The van der Waals surface area contributed by atoms with Gasteiger partial charge in [-0.15, -0.1) is 0 Å². The van der Waals surface area contributed by atoms with E-state index < -0.39 is 11.7 Å². The quantitative estimate of drug-likeness (QED) is 0.271. The van der Waals surface area contributed by atoms with Crippen molar-refractivity contribution in [1.29, 1.82) is 0 Å². The molecule has 0 aliphatic carbocycles. The Kier molecular flexibility index (Phi) is 5.12. The van der Waals surface area contributed by atoms with Crippen molar-refractivity contribution < 1.29 is 13.2 Å². The van der Waals surface area contributed by atoms with E-state index in [-0.39, 0.29) is 5.41 Å². The molecule has 0 saturated heterocycles. The molecule has 5 aromatic rings. The number of alkyl halides is 3. The fourth-order valence-corrected chi connectivity index (χ4v) is 4.19. The average molecular weight is 457 g/mol. The van der Waals surface area contributed by atoms with Gasteiger partial charge in [-0.3, -0.25) is 9.97 Å². The van der Waals surface area contributed by atoms with Crippen LogP contribution in [-0.2, 0) is 11.6 Å². The number of hydrogen-bond donors (Lipinski definition) is 0. The van der Waals surface area contributed by atoms with Crippen molar-refractivity contribution in [3.8, 4) is 22.5 Å². The Bertz CT molecular complexity index is 1520. The topological polar surface area (TPSA) is 38.7 Å². The lowest BCUT2D eigenvalue weighted by Gasteiger charge is -2.22. The first kappa shape index (κ1) is 22.0. The second-order valence-electron chi connectivity index (χ2n) is 9.35. The number of pyridine rings is 1. The summed E-state index contributed by atoms with van der Waals surface area (Å²) in [5.74, 6) is 0. The van der Waals surface area contributed by atoms with Crippen LogP contribution in [0.4, 0.5) is 13.2 Å². The molecule has 0 atom stereocenters. The highest BCUT2D eigenvalue weighted by Gasteiger charge is 2.30. The molecular formula is C28H22F3N3. The fourth-order valence-electron chi connectivity index (χ4n) is 4.19. The minimum absolute atomic E-state index is 0.0678. The van der Waals surface area contributed by atoms with Gasteiger partial charge in [0.15, 0.2) is 0 Å². The van der Waals surface area contributed by atoms with Gasteiger partial charge in [0, 0.05) is 17.3 Å². The van der Waals surface area contributed by atoms with E-state index in [0.717, 1.165) is 28.8 Å². The Hall–Kier alpha value is -3.80. The Balaban J connectivity index is 1.63. The lowest BCUT2D eigenvalue weighted by molar-refractivity contribution is -0.137. The first-order valence-electron chi connectivity index (χ1n) is 10.9. The Morgan fingerprint density at radius 3 is 2.21 bits per heavy atom. The monoisotopic (exact) mass is 457 g/mol. The van der Waals surface area contributed by atoms with Gasteiger partial charge in [-0.25, -0.2) is 4.98 Å². The van der Waals surface area contributed by atoms with Crippen LogP contribution in [0.2, 0.25) is 0 Å². The molecule has 2 aromatic heterocycles. The number of nitrogens with zero attached hydrogens (tertiary/aromatic N) is 3. The zero-order valence-corrected chi connectivity index (χ0v) is 19.0. The standard InChI is InChI=1S/C28H22F3N3/c1-27(2,3)22-15-19(14-18-6-4-5-7-21(18)22)25-26-23(12-13-32-25)34-24(16-33-26)17-8-10-20(11-9-17)28(29,30)31/h4-16H,1-3H3. The average Bonchev–Trinajstić information content (AvgIpc) is 2.81. The van der Waals surface area contributed by atoms with Gasteiger partial charge in [0.2, 0.25) is 0 Å². The van der Waals surface area contributed by atoms with Crippen LogP contribution in [0.25, 0.3) is 44.3 Å². The molecule has 3 nitrogen and oxygen atoms in total. The van der Waals surface area contributed by atoms with Crippen LogP contribution in [0.15, 0.2) is 79.1 Å². The number of halogens is 3. The van der Waals surface area contributed by atoms with E-state index in [1.807, 2.05) is 12.1 Å². The molecule has 170 valence electrons. The molecule has 0 fully saturated rings. The molecule has 2 heterocycles. The van der Waals surface area contributed by atoms with Crippen molar-refractivity contribution in [3.05, 3.63) is 90.3 Å². The second-order valence-corrected chi connectivity index (χ2v) is 9.35. The maximum absolute atomic E-state index is 12.9. The van der Waals surface area contributed by atoms with Crippen molar-refractivity contribution >= 4 is 21.8 Å². The smallest absolute Gasteiger partial charge is 0.254 e. The summed E-state index contributed by atoms with van der Waals surface area (Å²) >= 11 is 0. The van der Waals surface area contributed by atoms with Gasteiger partial charge in [0.1, 0.15) is 5.52 Å². The predicted octanol–water partition coefficient (Wildman–Crippen LogP) is 7.83. The van der Waals surface area contributed by atoms with E-state index in [2.05, 4.69) is 60.0 Å². The SMILES string of the molecule is CC(C)(C)c1cc(-c2nccc3nc(-c4ccc(C(F)(F)F)cc4)cnc23)cc2ccccc12. The largest absolute Gasteiger partial charge is 0.416 e. The molecular weight excluding hydrogens is 435 g/mol. The van der Waals surface area contributed by atoms with E-state index in [9.17, 15) is 13.2 Å². The summed E-state index contributed by atoms with van der Waals surface area (Å²) in [7, 11) is 0. The van der Waals surface area contributed by atoms with Crippen LogP contribution in [0.5, 0.6) is 0 Å². The maximum atomic E-state index is 12.9. The molecule has 5 rings (SSSR count). The number of benzene rings is 3. The molecule has 0 unspecified atom stereocenters. The molecule has 0 aliphatic rings. The van der Waals surface area contributed by atoms with Crippen LogP contribution in [0, 0.1) is 0 Å². The summed E-state index contributed by atoms with van der Waals surface area (Å²) in [5, 5.41) is 2.33. The highest BCUT2D eigenvalue weighted by molar-refractivity contribution is 5.96. The van der Waals surface area contributed by atoms with Gasteiger partial charge in [-0.05, 0) is 52.1 Å². The molecule has 0 spiro atoms. The van der Waals surface area contributed by atoms with Gasteiger partial charge in [-0.2, -0.15) is 13.2 Å². The summed E-state index contributed by atoms with van der Waals surface area (Å²) < 4.78 is 38.7. The summed E-state index contributed by atoms with van der Waals surface area (Å²) in [6.07, 6.45) is -1.10. The van der Waals surface area contributed by atoms with Gasteiger partial charge < -0.3 is 0 Å². The minimum atomic E-state index is -4.38. The molecule has 0 aliphatic heterocycles. The van der Waals surface area contributed by atoms with E-state index in [1.165, 1.54) is 23.1 Å². The number of rotatable bonds is 2. The first-order valence-corrected chi connectivity index (χ1v) is 10.9. The van der Waals surface area contributed by atoms with Crippen LogP contribution in [-0.4, -0.2) is 15.0 Å². The Labute approximate surface area is 195 Å². The normalized spacial score (nSPS) is 12.4. The summed E-state index contributed by atoms with van der Waals surface area (Å²) in [6.45, 7) is 6.56. The lowest BCUT2D eigenvalue weighted by Crippen LogP contribution is -2.12. The summed E-state index contributed by atoms with van der Waals surface area (Å²) in [5.41, 5.74) is 4.49. The van der Waals surface area contributed by atoms with Crippen molar-refractivity contribution in [3.63, 3.8) is 0 Å². The van der Waals surface area contributed by atoms with Crippen LogP contribution in [0.3, 0.4) is 0 Å². The highest BCUT2D eigenvalue weighted by atomic mass is 19.4. The minimum Gasteiger partial charge on any atom is -0.254 e. The predicted molar refractivity (Wildman–Crippen MR) is 129 cm³/mol. The molecule has 0 amide bonds. The third-order valence-corrected chi connectivity index (χ3v) is 5.91. The maximum Gasteiger partial charge on any atom is 0.416 e. The molecule has 0 bridgehead atoms. The van der Waals surface area contributed by atoms with Gasteiger partial charge in [0.05, 0.1) is 28.7 Å². The second kappa shape index (κ2) is 7.90. The van der Waals surface area contributed by atoms with Crippen LogP contribution >= 0.6 is 0 Å². The number of hydrogen-bond acceptors (Lipinski definition) is 3. The highest BCUT2D eigenvalue weighted by Crippen LogP contribution is 2.36. The van der Waals surface area contributed by atoms with E-state index in [0.29, 0.717) is 22.3 Å². The first-order chi connectivity index (χ1) is 16.1. The van der Waals surface area contributed by atoms with Crippen LogP contribution < -0.4 is 0 Å². The number of aromatic nitrogens is 3. The summed E-state index contributed by atoms with van der Waals surface area (Å²) in [4.78, 5) is 13.9. The molecule has 0 N–H and O–H groups in total. The van der Waals surface area contributed by atoms with Gasteiger partial charge in [0.25, 0.3) is 0 Å². The van der Waals surface area contributed by atoms with Crippen LogP contribution in [0.1, 0.15) is 31.9 Å². The zero-order valence-electron chi connectivity index (χ0n) is 19.0. The van der Waals surface area contributed by atoms with Crippen molar-refractivity contribution in [2.24, 2.45) is 0 Å². The van der Waals surface area contributed by atoms with Crippen molar-refractivity contribution in [2.45, 2.75) is 32.4 Å². The molecule has 3 aromatic carbocycles. The van der Waals surface area contributed by atoms with E-state index in [1.54, 1.807) is 18.5 Å². The molecule has 0 saturated carbocycles.